The van der Waals surface area contributed by atoms with Crippen LogP contribution < -0.4 is 27.8 Å². The van der Waals surface area contributed by atoms with Crippen molar-refractivity contribution in [2.24, 2.45) is 4.52 Å². The standard InChI is InChI=1S/C36H30N3O9P3/c40-28-16-22-32(23-17-28)43-38-49(45-33-24-18-29(41)19-25-33)37-51(47-35-12-6-2-7-13-35,48-36-14-8-3-9-15-36)39(44-31-10-4-1-5-11-31)50(38)46-34-26-20-30(42)21-27-34/h1-27,40-42H. The summed E-state index contributed by atoms with van der Waals surface area (Å²) >= 11 is 0. The van der Waals surface area contributed by atoms with Gasteiger partial charge in [-0.3, -0.25) is 0 Å². The van der Waals surface area contributed by atoms with E-state index in [9.17, 15) is 15.3 Å². The van der Waals surface area contributed by atoms with E-state index in [0.717, 1.165) is 0 Å². The summed E-state index contributed by atoms with van der Waals surface area (Å²) in [5, 5.41) is 30.1. The molecule has 6 aromatic carbocycles. The lowest BCUT2D eigenvalue weighted by Crippen LogP contribution is -2.37. The first-order valence-corrected chi connectivity index (χ1v) is 19.2. The number of hydrogen-bond acceptors (Lipinski definition) is 12. The fraction of sp³-hybridized carbons (Fsp3) is 0. The minimum Gasteiger partial charge on any atom is -0.508 e. The van der Waals surface area contributed by atoms with Crippen LogP contribution in [0.4, 0.5) is 0 Å². The molecule has 3 N–H and O–H groups in total. The Morgan fingerprint density at radius 2 is 0.824 bits per heavy atom. The maximum Gasteiger partial charge on any atom is 0.447 e. The van der Waals surface area contributed by atoms with Crippen molar-refractivity contribution in [3.05, 3.63) is 164 Å². The molecular formula is C36H30N3O9P3. The molecule has 258 valence electrons. The number of rotatable bonds is 12. The quantitative estimate of drug-likeness (QED) is 0.103. The molecule has 0 saturated carbocycles. The maximum absolute atomic E-state index is 10.1. The molecule has 0 radical (unpaired) electrons. The lowest BCUT2D eigenvalue weighted by Gasteiger charge is -2.43. The predicted molar refractivity (Wildman–Crippen MR) is 194 cm³/mol. The number of aromatic hydroxyl groups is 3. The topological polar surface area (TPSA) is 135 Å². The molecule has 0 aliphatic carbocycles. The molecule has 1 aliphatic rings. The molecule has 0 fully saturated rings. The highest BCUT2D eigenvalue weighted by molar-refractivity contribution is 7.78. The Balaban J connectivity index is 1.47. The van der Waals surface area contributed by atoms with Crippen LogP contribution in [0.15, 0.2) is 168 Å². The van der Waals surface area contributed by atoms with Gasteiger partial charge < -0.3 is 43.1 Å². The van der Waals surface area contributed by atoms with E-state index in [1.165, 1.54) is 45.6 Å². The van der Waals surface area contributed by atoms with Crippen molar-refractivity contribution in [1.29, 1.82) is 0 Å². The molecule has 6 aromatic rings. The highest BCUT2D eigenvalue weighted by atomic mass is 31.3. The molecule has 15 heteroatoms. The first-order valence-electron chi connectivity index (χ1n) is 15.4. The molecular weight excluding hydrogens is 711 g/mol. The number of benzene rings is 6. The Kier molecular flexibility index (Phi) is 10.4. The average Bonchev–Trinajstić information content (AvgIpc) is 3.15. The van der Waals surface area contributed by atoms with Crippen molar-refractivity contribution in [2.45, 2.75) is 0 Å². The molecule has 0 aromatic heterocycles. The maximum atomic E-state index is 10.1. The zero-order chi connectivity index (χ0) is 35.0. The van der Waals surface area contributed by atoms with E-state index in [-0.39, 0.29) is 17.2 Å². The monoisotopic (exact) mass is 741 g/mol. The molecule has 1 aliphatic heterocycles. The van der Waals surface area contributed by atoms with E-state index in [2.05, 4.69) is 0 Å². The number of phenols is 3. The summed E-state index contributed by atoms with van der Waals surface area (Å²) in [5.41, 5.74) is 0. The Bertz CT molecular complexity index is 2020. The molecule has 1 heterocycles. The largest absolute Gasteiger partial charge is 0.508 e. The lowest BCUT2D eigenvalue weighted by atomic mass is 10.3. The number of hydrogen-bond donors (Lipinski definition) is 3. The van der Waals surface area contributed by atoms with Crippen LogP contribution in [-0.2, 0) is 0 Å². The van der Waals surface area contributed by atoms with Gasteiger partial charge >= 0.3 is 24.6 Å². The second-order valence-corrected chi connectivity index (χ2v) is 16.1. The predicted octanol–water partition coefficient (Wildman–Crippen LogP) is 10.4. The summed E-state index contributed by atoms with van der Waals surface area (Å²) < 4.78 is 35.0. The summed E-state index contributed by atoms with van der Waals surface area (Å²) in [7, 11) is -8.46. The van der Waals surface area contributed by atoms with E-state index in [1.807, 2.05) is 54.6 Å². The fourth-order valence-electron chi connectivity index (χ4n) is 4.41. The summed E-state index contributed by atoms with van der Waals surface area (Å²) in [4.78, 5) is 13.2. The molecule has 0 spiro atoms. The second-order valence-electron chi connectivity index (χ2n) is 10.6. The minimum absolute atomic E-state index is 0.0439. The van der Waals surface area contributed by atoms with Crippen LogP contribution in [0.5, 0.6) is 51.7 Å². The molecule has 0 saturated heterocycles. The smallest absolute Gasteiger partial charge is 0.447 e. The van der Waals surface area contributed by atoms with Crippen molar-refractivity contribution < 1.29 is 43.1 Å². The highest BCUT2D eigenvalue weighted by Gasteiger charge is 2.58. The molecule has 7 rings (SSSR count). The Morgan fingerprint density at radius 1 is 0.431 bits per heavy atom. The average molecular weight is 742 g/mol. The first kappa shape index (κ1) is 34.0. The van der Waals surface area contributed by atoms with Crippen LogP contribution in [0, 0.1) is 0 Å². The van der Waals surface area contributed by atoms with Crippen LogP contribution in [-0.4, -0.2) is 24.5 Å². The molecule has 2 unspecified atom stereocenters. The number of phenolic OH excluding ortho intramolecular Hbond substituents is 3. The van der Waals surface area contributed by atoms with Gasteiger partial charge in [0.15, 0.2) is 0 Å². The summed E-state index contributed by atoms with van der Waals surface area (Å²) in [6, 6.07) is 45.6. The van der Waals surface area contributed by atoms with Crippen LogP contribution in [0.1, 0.15) is 0 Å². The Morgan fingerprint density at radius 3 is 1.29 bits per heavy atom. The van der Waals surface area contributed by atoms with E-state index < -0.39 is 24.6 Å². The van der Waals surface area contributed by atoms with Crippen LogP contribution in [0.2, 0.25) is 0 Å². The van der Waals surface area contributed by atoms with Gasteiger partial charge in [0.2, 0.25) is 0 Å². The second kappa shape index (κ2) is 15.6. The number of para-hydroxylation sites is 3. The summed E-state index contributed by atoms with van der Waals surface area (Å²) in [6.45, 7) is 0. The van der Waals surface area contributed by atoms with Crippen LogP contribution in [0.3, 0.4) is 0 Å². The van der Waals surface area contributed by atoms with Crippen LogP contribution >= 0.6 is 24.6 Å². The fourth-order valence-corrected chi connectivity index (χ4v) is 11.9. The van der Waals surface area contributed by atoms with Gasteiger partial charge in [0.05, 0.1) is 0 Å². The van der Waals surface area contributed by atoms with Gasteiger partial charge in [0.1, 0.15) is 51.7 Å². The third-order valence-electron chi connectivity index (χ3n) is 6.78. The zero-order valence-corrected chi connectivity index (χ0v) is 29.2. The molecule has 0 bridgehead atoms. The van der Waals surface area contributed by atoms with Crippen molar-refractivity contribution in [3.63, 3.8) is 0 Å². The van der Waals surface area contributed by atoms with Crippen LogP contribution in [0.25, 0.3) is 0 Å². The summed E-state index contributed by atoms with van der Waals surface area (Å²) in [6.07, 6.45) is 0. The van der Waals surface area contributed by atoms with Gasteiger partial charge in [-0.25, -0.2) is 0 Å². The normalized spacial score (nSPS) is 17.0. The van der Waals surface area contributed by atoms with Gasteiger partial charge in [-0.1, -0.05) is 54.6 Å². The van der Waals surface area contributed by atoms with Gasteiger partial charge in [-0.05, 0) is 109 Å². The van der Waals surface area contributed by atoms with Crippen molar-refractivity contribution in [1.82, 2.24) is 9.21 Å². The van der Waals surface area contributed by atoms with Gasteiger partial charge in [-0.15, -0.1) is 4.52 Å². The highest BCUT2D eigenvalue weighted by Crippen LogP contribution is 2.77. The SMILES string of the molecule is Oc1ccc(ON2P(Oc3ccc(O)cc3)N=P(Oc3ccccc3)(Oc3ccccc3)N(Oc3ccccc3)P2Oc2ccc(O)cc2)cc1. The van der Waals surface area contributed by atoms with Crippen molar-refractivity contribution >= 4 is 24.6 Å². The number of nitrogens with zero attached hydrogens (tertiary/aromatic N) is 3. The first-order chi connectivity index (χ1) is 24.9. The van der Waals surface area contributed by atoms with E-state index >= 15 is 0 Å². The van der Waals surface area contributed by atoms with Crippen molar-refractivity contribution in [3.8, 4) is 51.7 Å². The van der Waals surface area contributed by atoms with Crippen molar-refractivity contribution in [2.75, 3.05) is 0 Å². The Hall–Kier alpha value is -5.47. The minimum atomic E-state index is -3.88. The van der Waals surface area contributed by atoms with E-state index in [1.54, 1.807) is 72.8 Å². The van der Waals surface area contributed by atoms with Gasteiger partial charge in [0.25, 0.3) is 0 Å². The molecule has 2 atom stereocenters. The van der Waals surface area contributed by atoms with Gasteiger partial charge in [0, 0.05) is 9.21 Å². The third kappa shape index (κ3) is 8.47. The molecule has 12 nitrogen and oxygen atoms in total. The molecule has 51 heavy (non-hydrogen) atoms. The van der Waals surface area contributed by atoms with E-state index in [4.69, 9.17) is 32.3 Å². The Labute approximate surface area is 296 Å². The lowest BCUT2D eigenvalue weighted by molar-refractivity contribution is 0.0545. The summed E-state index contributed by atoms with van der Waals surface area (Å²) in [5.74, 6) is 2.45. The zero-order valence-electron chi connectivity index (χ0n) is 26.6. The molecule has 0 amide bonds. The van der Waals surface area contributed by atoms with Gasteiger partial charge in [-0.2, -0.15) is 0 Å². The van der Waals surface area contributed by atoms with E-state index in [0.29, 0.717) is 34.5 Å². The third-order valence-corrected chi connectivity index (χ3v) is 13.6.